The maximum Gasteiger partial charge on any atom is 0.0641 e. The van der Waals surface area contributed by atoms with Gasteiger partial charge in [0.05, 0.1) is 5.69 Å². The molecule has 0 atom stereocenters. The van der Waals surface area contributed by atoms with Crippen molar-refractivity contribution in [1.29, 1.82) is 0 Å². The first kappa shape index (κ1) is 10.7. The van der Waals surface area contributed by atoms with E-state index in [0.717, 1.165) is 19.0 Å². The summed E-state index contributed by atoms with van der Waals surface area (Å²) >= 11 is 0. The molecule has 0 unspecified atom stereocenters. The number of rotatable bonds is 5. The maximum atomic E-state index is 4.61. The molecule has 1 saturated carbocycles. The van der Waals surface area contributed by atoms with E-state index in [0.29, 0.717) is 0 Å². The number of aryl methyl sites for hydroxylation is 2. The highest BCUT2D eigenvalue weighted by molar-refractivity contribution is 5.24. The van der Waals surface area contributed by atoms with Gasteiger partial charge >= 0.3 is 0 Å². The standard InChI is InChI=1S/C12H21N3/c1-9-12(8-13-3)10(2)15(14-9)7-6-11-4-5-11/h11,13H,4-8H2,1-3H3. The first-order valence-corrected chi connectivity index (χ1v) is 5.90. The minimum atomic E-state index is 0.932. The lowest BCUT2D eigenvalue weighted by atomic mass is 10.2. The average molecular weight is 207 g/mol. The molecular formula is C12H21N3. The third kappa shape index (κ3) is 2.40. The number of hydrogen-bond donors (Lipinski definition) is 1. The quantitative estimate of drug-likeness (QED) is 0.800. The Morgan fingerprint density at radius 3 is 2.73 bits per heavy atom. The fraction of sp³-hybridized carbons (Fsp3) is 0.750. The van der Waals surface area contributed by atoms with Gasteiger partial charge in [-0.2, -0.15) is 5.10 Å². The molecule has 0 aromatic carbocycles. The van der Waals surface area contributed by atoms with Gasteiger partial charge in [0.25, 0.3) is 0 Å². The highest BCUT2D eigenvalue weighted by Crippen LogP contribution is 2.32. The second-order valence-electron chi connectivity index (χ2n) is 4.63. The molecule has 0 radical (unpaired) electrons. The smallest absolute Gasteiger partial charge is 0.0641 e. The molecule has 3 heteroatoms. The summed E-state index contributed by atoms with van der Waals surface area (Å²) in [6, 6.07) is 0. The topological polar surface area (TPSA) is 29.9 Å². The Kier molecular flexibility index (Phi) is 3.10. The molecule has 3 nitrogen and oxygen atoms in total. The molecule has 0 bridgehead atoms. The van der Waals surface area contributed by atoms with Crippen molar-refractivity contribution in [2.75, 3.05) is 7.05 Å². The van der Waals surface area contributed by atoms with Gasteiger partial charge in [0.2, 0.25) is 0 Å². The molecule has 0 aliphatic heterocycles. The van der Waals surface area contributed by atoms with E-state index < -0.39 is 0 Å². The van der Waals surface area contributed by atoms with Crippen molar-refractivity contribution in [3.63, 3.8) is 0 Å². The molecule has 0 saturated heterocycles. The Morgan fingerprint density at radius 1 is 1.40 bits per heavy atom. The predicted molar refractivity (Wildman–Crippen MR) is 61.8 cm³/mol. The Bertz CT molecular complexity index is 337. The van der Waals surface area contributed by atoms with Crippen molar-refractivity contribution in [3.8, 4) is 0 Å². The van der Waals surface area contributed by atoms with Crippen molar-refractivity contribution < 1.29 is 0 Å². The predicted octanol–water partition coefficient (Wildman–Crippen LogP) is 2.02. The van der Waals surface area contributed by atoms with E-state index in [4.69, 9.17) is 0 Å². The Morgan fingerprint density at radius 2 is 2.13 bits per heavy atom. The molecule has 0 spiro atoms. The van der Waals surface area contributed by atoms with Crippen LogP contribution in [0, 0.1) is 19.8 Å². The van der Waals surface area contributed by atoms with Gasteiger partial charge in [0.15, 0.2) is 0 Å². The summed E-state index contributed by atoms with van der Waals surface area (Å²) in [5.41, 5.74) is 3.88. The largest absolute Gasteiger partial charge is 0.316 e. The first-order chi connectivity index (χ1) is 7.22. The summed E-state index contributed by atoms with van der Waals surface area (Å²) in [6.07, 6.45) is 4.17. The number of nitrogens with one attached hydrogen (secondary N) is 1. The second kappa shape index (κ2) is 4.35. The van der Waals surface area contributed by atoms with Gasteiger partial charge in [-0.05, 0) is 33.2 Å². The molecule has 1 aliphatic carbocycles. The van der Waals surface area contributed by atoms with Gasteiger partial charge in [-0.1, -0.05) is 12.8 Å². The summed E-state index contributed by atoms with van der Waals surface area (Å²) in [5, 5.41) is 7.81. The van der Waals surface area contributed by atoms with Crippen molar-refractivity contribution in [3.05, 3.63) is 17.0 Å². The third-order valence-corrected chi connectivity index (χ3v) is 3.33. The number of nitrogens with zero attached hydrogens (tertiary/aromatic N) is 2. The van der Waals surface area contributed by atoms with E-state index in [1.54, 1.807) is 0 Å². The van der Waals surface area contributed by atoms with Gasteiger partial charge in [-0.3, -0.25) is 4.68 Å². The van der Waals surface area contributed by atoms with Crippen LogP contribution in [-0.4, -0.2) is 16.8 Å². The fourth-order valence-electron chi connectivity index (χ4n) is 2.10. The third-order valence-electron chi connectivity index (χ3n) is 3.33. The van der Waals surface area contributed by atoms with Crippen LogP contribution in [0.2, 0.25) is 0 Å². The van der Waals surface area contributed by atoms with Crippen LogP contribution >= 0.6 is 0 Å². The Labute approximate surface area is 91.9 Å². The maximum absolute atomic E-state index is 4.61. The summed E-state index contributed by atoms with van der Waals surface area (Å²) in [4.78, 5) is 0. The molecule has 15 heavy (non-hydrogen) atoms. The van der Waals surface area contributed by atoms with E-state index in [9.17, 15) is 0 Å². The Balaban J connectivity index is 2.05. The van der Waals surface area contributed by atoms with Crippen molar-refractivity contribution in [1.82, 2.24) is 15.1 Å². The van der Waals surface area contributed by atoms with Crippen LogP contribution in [0.5, 0.6) is 0 Å². The summed E-state index contributed by atoms with van der Waals surface area (Å²) in [7, 11) is 1.99. The van der Waals surface area contributed by atoms with Crippen LogP contribution in [0.3, 0.4) is 0 Å². The molecular weight excluding hydrogens is 186 g/mol. The molecule has 1 aliphatic rings. The molecule has 1 aromatic rings. The van der Waals surface area contributed by atoms with E-state index in [2.05, 4.69) is 28.9 Å². The second-order valence-corrected chi connectivity index (χ2v) is 4.63. The lowest BCUT2D eigenvalue weighted by Gasteiger charge is -2.04. The van der Waals surface area contributed by atoms with Crippen molar-refractivity contribution in [2.24, 2.45) is 5.92 Å². The van der Waals surface area contributed by atoms with Gasteiger partial charge in [-0.25, -0.2) is 0 Å². The average Bonchev–Trinajstić information content (AvgIpc) is 2.99. The molecule has 1 aromatic heterocycles. The molecule has 1 N–H and O–H groups in total. The van der Waals surface area contributed by atoms with Gasteiger partial charge in [0.1, 0.15) is 0 Å². The minimum absolute atomic E-state index is 0.932. The zero-order valence-electron chi connectivity index (χ0n) is 10.0. The van der Waals surface area contributed by atoms with Crippen molar-refractivity contribution >= 4 is 0 Å². The summed E-state index contributed by atoms with van der Waals surface area (Å²) < 4.78 is 2.18. The highest BCUT2D eigenvalue weighted by Gasteiger charge is 2.21. The van der Waals surface area contributed by atoms with Crippen LogP contribution in [0.4, 0.5) is 0 Å². The summed E-state index contributed by atoms with van der Waals surface area (Å²) in [5.74, 6) is 0.988. The number of hydrogen-bond acceptors (Lipinski definition) is 2. The van der Waals surface area contributed by atoms with Crippen LogP contribution < -0.4 is 5.32 Å². The molecule has 1 heterocycles. The molecule has 0 amide bonds. The van der Waals surface area contributed by atoms with Gasteiger partial charge in [0, 0.05) is 24.3 Å². The van der Waals surface area contributed by atoms with E-state index in [1.165, 1.54) is 36.2 Å². The van der Waals surface area contributed by atoms with Gasteiger partial charge in [-0.15, -0.1) is 0 Å². The normalized spacial score (nSPS) is 15.9. The first-order valence-electron chi connectivity index (χ1n) is 5.90. The zero-order valence-corrected chi connectivity index (χ0v) is 10.0. The van der Waals surface area contributed by atoms with Crippen LogP contribution in [0.25, 0.3) is 0 Å². The van der Waals surface area contributed by atoms with Crippen LogP contribution in [0.15, 0.2) is 0 Å². The summed E-state index contributed by atoms with van der Waals surface area (Å²) in [6.45, 7) is 6.31. The molecule has 84 valence electrons. The lowest BCUT2D eigenvalue weighted by Crippen LogP contribution is -2.08. The Hall–Kier alpha value is -0.830. The molecule has 2 rings (SSSR count). The zero-order chi connectivity index (χ0) is 10.8. The monoisotopic (exact) mass is 207 g/mol. The minimum Gasteiger partial charge on any atom is -0.316 e. The van der Waals surface area contributed by atoms with E-state index in [1.807, 2.05) is 7.05 Å². The van der Waals surface area contributed by atoms with Crippen LogP contribution in [0.1, 0.15) is 36.2 Å². The van der Waals surface area contributed by atoms with Crippen molar-refractivity contribution in [2.45, 2.75) is 46.2 Å². The van der Waals surface area contributed by atoms with E-state index >= 15 is 0 Å². The SMILES string of the molecule is CNCc1c(C)nn(CCC2CC2)c1C. The van der Waals surface area contributed by atoms with Gasteiger partial charge < -0.3 is 5.32 Å². The van der Waals surface area contributed by atoms with E-state index in [-0.39, 0.29) is 0 Å². The van der Waals surface area contributed by atoms with Crippen LogP contribution in [-0.2, 0) is 13.1 Å². The highest BCUT2D eigenvalue weighted by atomic mass is 15.3. The number of aromatic nitrogens is 2. The fourth-order valence-corrected chi connectivity index (χ4v) is 2.10. The lowest BCUT2D eigenvalue weighted by molar-refractivity contribution is 0.532. The molecule has 1 fully saturated rings.